The molecule has 7 heteroatoms. The molecule has 0 aliphatic carbocycles. The highest BCUT2D eigenvalue weighted by molar-refractivity contribution is 7.15. The van der Waals surface area contributed by atoms with Gasteiger partial charge in [0.25, 0.3) is 5.56 Å². The van der Waals surface area contributed by atoms with Crippen molar-refractivity contribution < 1.29 is 4.42 Å². The number of thiazole rings is 1. The minimum atomic E-state index is -0.196. The molecule has 0 fully saturated rings. The summed E-state index contributed by atoms with van der Waals surface area (Å²) in [5.74, 6) is 1.29. The van der Waals surface area contributed by atoms with Gasteiger partial charge < -0.3 is 4.42 Å². The molecule has 0 spiro atoms. The molecule has 108 valence electrons. The van der Waals surface area contributed by atoms with Crippen LogP contribution in [0.2, 0.25) is 5.02 Å². The molecule has 0 saturated heterocycles. The average molecular weight is 330 g/mol. The first-order chi connectivity index (χ1) is 10.7. The lowest BCUT2D eigenvalue weighted by Gasteiger charge is -1.96. The molecule has 4 aromatic rings. The molecule has 0 unspecified atom stereocenters. The Morgan fingerprint density at radius 2 is 2.18 bits per heavy atom. The van der Waals surface area contributed by atoms with Crippen LogP contribution >= 0.6 is 22.9 Å². The van der Waals surface area contributed by atoms with Gasteiger partial charge in [0.15, 0.2) is 0 Å². The fraction of sp³-hybridized carbons (Fsp3) is 0. The van der Waals surface area contributed by atoms with Crippen LogP contribution in [-0.2, 0) is 0 Å². The third kappa shape index (κ3) is 2.22. The number of aromatic nitrogens is 3. The van der Waals surface area contributed by atoms with Crippen molar-refractivity contribution in [2.45, 2.75) is 0 Å². The maximum absolute atomic E-state index is 12.1. The van der Waals surface area contributed by atoms with Gasteiger partial charge in [-0.15, -0.1) is 0 Å². The summed E-state index contributed by atoms with van der Waals surface area (Å²) in [6.07, 6.45) is 3.05. The molecule has 1 aromatic carbocycles. The Morgan fingerprint density at radius 1 is 1.27 bits per heavy atom. The van der Waals surface area contributed by atoms with E-state index in [9.17, 15) is 4.79 Å². The van der Waals surface area contributed by atoms with Gasteiger partial charge in [-0.2, -0.15) is 9.61 Å². The summed E-state index contributed by atoms with van der Waals surface area (Å²) in [6, 6.07) is 11.1. The van der Waals surface area contributed by atoms with Gasteiger partial charge in [-0.05, 0) is 24.3 Å². The van der Waals surface area contributed by atoms with E-state index in [1.165, 1.54) is 22.2 Å². The van der Waals surface area contributed by atoms with Crippen LogP contribution in [0.25, 0.3) is 22.4 Å². The fourth-order valence-electron chi connectivity index (χ4n) is 2.13. The van der Waals surface area contributed by atoms with E-state index < -0.39 is 0 Å². The minimum Gasteiger partial charge on any atom is -0.457 e. The molecule has 0 N–H and O–H groups in total. The molecular formula is C15H8ClN3O2S. The van der Waals surface area contributed by atoms with Crippen molar-refractivity contribution in [1.82, 2.24) is 14.6 Å². The van der Waals surface area contributed by atoms with E-state index in [2.05, 4.69) is 10.1 Å². The van der Waals surface area contributed by atoms with Crippen LogP contribution in [-0.4, -0.2) is 14.6 Å². The first-order valence-corrected chi connectivity index (χ1v) is 7.60. The molecule has 5 nitrogen and oxygen atoms in total. The highest BCUT2D eigenvalue weighted by Crippen LogP contribution is 2.24. The number of benzene rings is 1. The minimum absolute atomic E-state index is 0.196. The Morgan fingerprint density at radius 3 is 3.00 bits per heavy atom. The van der Waals surface area contributed by atoms with Crippen LogP contribution in [0.5, 0.6) is 0 Å². The van der Waals surface area contributed by atoms with Gasteiger partial charge in [-0.1, -0.05) is 35.1 Å². The Bertz CT molecular complexity index is 1080. The first-order valence-electron chi connectivity index (χ1n) is 6.41. The molecule has 3 heterocycles. The van der Waals surface area contributed by atoms with Crippen LogP contribution in [0.15, 0.2) is 51.9 Å². The highest BCUT2D eigenvalue weighted by Gasteiger charge is 2.07. The van der Waals surface area contributed by atoms with Gasteiger partial charge in [-0.3, -0.25) is 4.79 Å². The van der Waals surface area contributed by atoms with E-state index in [4.69, 9.17) is 16.0 Å². The molecule has 0 amide bonds. The Kier molecular flexibility index (Phi) is 3.06. The zero-order valence-electron chi connectivity index (χ0n) is 11.1. The van der Waals surface area contributed by atoms with Crippen molar-refractivity contribution in [1.29, 1.82) is 0 Å². The molecule has 0 radical (unpaired) electrons. The number of hydrogen-bond acceptors (Lipinski definition) is 5. The van der Waals surface area contributed by atoms with Crippen molar-refractivity contribution in [2.24, 2.45) is 0 Å². The van der Waals surface area contributed by atoms with Gasteiger partial charge in [-0.25, -0.2) is 4.98 Å². The quantitative estimate of drug-likeness (QED) is 0.567. The molecular weight excluding hydrogens is 322 g/mol. The van der Waals surface area contributed by atoms with Crippen molar-refractivity contribution in [3.8, 4) is 11.3 Å². The first kappa shape index (κ1) is 13.2. The number of furan rings is 1. The Labute approximate surface area is 133 Å². The Hall–Kier alpha value is -2.44. The summed E-state index contributed by atoms with van der Waals surface area (Å²) in [4.78, 5) is 16.7. The zero-order chi connectivity index (χ0) is 15.1. The second-order valence-corrected chi connectivity index (χ2v) is 6.03. The van der Waals surface area contributed by atoms with Gasteiger partial charge in [0.05, 0.1) is 0 Å². The molecule has 0 aliphatic rings. The van der Waals surface area contributed by atoms with E-state index in [1.54, 1.807) is 12.1 Å². The normalized spacial score (nSPS) is 12.3. The Balaban J connectivity index is 1.78. The van der Waals surface area contributed by atoms with Crippen molar-refractivity contribution in [2.75, 3.05) is 0 Å². The monoisotopic (exact) mass is 329 g/mol. The van der Waals surface area contributed by atoms with Gasteiger partial charge in [0, 0.05) is 16.7 Å². The molecule has 3 aromatic heterocycles. The maximum atomic E-state index is 12.1. The summed E-state index contributed by atoms with van der Waals surface area (Å²) in [5.41, 5.74) is 0.690. The molecule has 0 bridgehead atoms. The lowest BCUT2D eigenvalue weighted by atomic mass is 10.2. The van der Waals surface area contributed by atoms with Gasteiger partial charge >= 0.3 is 0 Å². The highest BCUT2D eigenvalue weighted by atomic mass is 35.5. The zero-order valence-corrected chi connectivity index (χ0v) is 12.6. The van der Waals surface area contributed by atoms with Crippen LogP contribution in [0.3, 0.4) is 0 Å². The van der Waals surface area contributed by atoms with Crippen LogP contribution < -0.4 is 10.1 Å². The smallest absolute Gasteiger partial charge is 0.291 e. The molecule has 0 atom stereocenters. The number of halogens is 1. The summed E-state index contributed by atoms with van der Waals surface area (Å²) in [7, 11) is 0. The summed E-state index contributed by atoms with van der Waals surface area (Å²) in [5, 5.41) is 4.53. The second-order valence-electron chi connectivity index (χ2n) is 4.58. The van der Waals surface area contributed by atoms with Gasteiger partial charge in [0.1, 0.15) is 22.4 Å². The summed E-state index contributed by atoms with van der Waals surface area (Å²) >= 11 is 7.25. The predicted molar refractivity (Wildman–Crippen MR) is 85.1 cm³/mol. The fourth-order valence-corrected chi connectivity index (χ4v) is 3.19. The van der Waals surface area contributed by atoms with Crippen molar-refractivity contribution in [3.63, 3.8) is 0 Å². The van der Waals surface area contributed by atoms with Crippen LogP contribution in [0.1, 0.15) is 5.76 Å². The summed E-state index contributed by atoms with van der Waals surface area (Å²) < 4.78 is 7.56. The molecule has 0 aliphatic heterocycles. The number of nitrogens with zero attached hydrogens (tertiary/aromatic N) is 3. The van der Waals surface area contributed by atoms with E-state index in [0.29, 0.717) is 26.0 Å². The lowest BCUT2D eigenvalue weighted by molar-refractivity contribution is 0.571. The molecule has 4 rings (SSSR count). The number of rotatable bonds is 2. The van der Waals surface area contributed by atoms with E-state index in [-0.39, 0.29) is 5.56 Å². The van der Waals surface area contributed by atoms with Crippen molar-refractivity contribution in [3.05, 3.63) is 68.4 Å². The lowest BCUT2D eigenvalue weighted by Crippen LogP contribution is -2.23. The average Bonchev–Trinajstić information content (AvgIpc) is 3.20. The number of fused-ring (bicyclic) bond motifs is 1. The van der Waals surface area contributed by atoms with E-state index in [1.807, 2.05) is 30.3 Å². The summed E-state index contributed by atoms with van der Waals surface area (Å²) in [6.45, 7) is 0. The molecule has 22 heavy (non-hydrogen) atoms. The second kappa shape index (κ2) is 5.08. The van der Waals surface area contributed by atoms with E-state index >= 15 is 0 Å². The maximum Gasteiger partial charge on any atom is 0.291 e. The van der Waals surface area contributed by atoms with Crippen LogP contribution in [0.4, 0.5) is 0 Å². The SMILES string of the molecule is O=c1/c(=C/c2ccc(-c3cccc(Cl)c3)o2)sc2ncnn12. The topological polar surface area (TPSA) is 60.4 Å². The van der Waals surface area contributed by atoms with Crippen molar-refractivity contribution >= 4 is 34.0 Å². The predicted octanol–water partition coefficient (Wildman–Crippen LogP) is 2.61. The standard InChI is InChI=1S/C15H8ClN3O2S/c16-10-3-1-2-9(6-10)12-5-4-11(21-12)7-13-14(20)19-15(22-13)17-8-18-19/h1-8H/b13-7-. The third-order valence-electron chi connectivity index (χ3n) is 3.13. The number of hydrogen-bond donors (Lipinski definition) is 0. The van der Waals surface area contributed by atoms with Gasteiger partial charge in [0.2, 0.25) is 4.96 Å². The van der Waals surface area contributed by atoms with Crippen LogP contribution in [0, 0.1) is 0 Å². The largest absolute Gasteiger partial charge is 0.457 e. The van der Waals surface area contributed by atoms with E-state index in [0.717, 1.165) is 5.56 Å². The molecule has 0 saturated carbocycles. The third-order valence-corrected chi connectivity index (χ3v) is 4.34.